The van der Waals surface area contributed by atoms with Gasteiger partial charge in [0.1, 0.15) is 11.4 Å². The van der Waals surface area contributed by atoms with Gasteiger partial charge in [0.05, 0.1) is 11.9 Å². The number of nitrogens with zero attached hydrogens (tertiary/aromatic N) is 3. The van der Waals surface area contributed by atoms with E-state index in [0.717, 1.165) is 22.3 Å². The van der Waals surface area contributed by atoms with Gasteiger partial charge in [-0.05, 0) is 69.2 Å². The van der Waals surface area contributed by atoms with Crippen molar-refractivity contribution < 1.29 is 9.59 Å². The van der Waals surface area contributed by atoms with Crippen molar-refractivity contribution in [2.75, 3.05) is 12.4 Å². The summed E-state index contributed by atoms with van der Waals surface area (Å²) in [7, 11) is 1.56. The van der Waals surface area contributed by atoms with E-state index in [-0.39, 0.29) is 17.1 Å². The van der Waals surface area contributed by atoms with Crippen LogP contribution in [0.5, 0.6) is 0 Å². The zero-order valence-electron chi connectivity index (χ0n) is 19.9. The minimum absolute atomic E-state index is 0.0726. The third-order valence-electron chi connectivity index (χ3n) is 4.90. The van der Waals surface area contributed by atoms with Crippen molar-refractivity contribution in [1.29, 1.82) is 0 Å². The van der Waals surface area contributed by atoms with Gasteiger partial charge in [-0.2, -0.15) is 10.2 Å². The third-order valence-corrected chi connectivity index (χ3v) is 4.90. The van der Waals surface area contributed by atoms with Crippen molar-refractivity contribution >= 4 is 17.5 Å². The Morgan fingerprint density at radius 1 is 1.06 bits per heavy atom. The van der Waals surface area contributed by atoms with E-state index in [1.165, 1.54) is 6.20 Å². The molecule has 9 heteroatoms. The van der Waals surface area contributed by atoms with Crippen molar-refractivity contribution in [3.63, 3.8) is 0 Å². The van der Waals surface area contributed by atoms with Crippen LogP contribution in [0.1, 0.15) is 36.8 Å². The Kier molecular flexibility index (Phi) is 7.25. The van der Waals surface area contributed by atoms with Crippen LogP contribution in [0.2, 0.25) is 0 Å². The standard InChI is InChI=1S/C25H29N7O2/c1-15-6-7-18(31-23(33)20(26)14-29-25(2,3)4)12-19(15)21-11-17(13-30-32-21)16-8-9-28-22(10-16)24(34)27-5/h6-14,29H,26H2,1-5H3,(H,27,34)(H,31,33)/b20-14-. The summed E-state index contributed by atoms with van der Waals surface area (Å²) in [5.41, 5.74) is 10.6. The maximum atomic E-state index is 12.5. The second-order valence-corrected chi connectivity index (χ2v) is 8.82. The molecule has 2 heterocycles. The van der Waals surface area contributed by atoms with Crippen LogP contribution in [0.4, 0.5) is 5.69 Å². The Bertz CT molecular complexity index is 1250. The monoisotopic (exact) mass is 459 g/mol. The van der Waals surface area contributed by atoms with Crippen molar-refractivity contribution in [2.24, 2.45) is 5.73 Å². The number of anilines is 1. The van der Waals surface area contributed by atoms with Gasteiger partial charge >= 0.3 is 0 Å². The van der Waals surface area contributed by atoms with E-state index < -0.39 is 5.91 Å². The second kappa shape index (κ2) is 10.1. The molecule has 1 aromatic carbocycles. The summed E-state index contributed by atoms with van der Waals surface area (Å²) in [6, 6.07) is 10.9. The Hall–Kier alpha value is -4.27. The second-order valence-electron chi connectivity index (χ2n) is 8.82. The Labute approximate surface area is 198 Å². The van der Waals surface area contributed by atoms with Gasteiger partial charge in [-0.1, -0.05) is 6.07 Å². The number of hydrogen-bond acceptors (Lipinski definition) is 7. The molecule has 2 amide bonds. The van der Waals surface area contributed by atoms with Gasteiger partial charge in [-0.25, -0.2) is 0 Å². The molecule has 0 aliphatic rings. The molecule has 176 valence electrons. The number of amides is 2. The van der Waals surface area contributed by atoms with Crippen molar-refractivity contribution in [3.05, 3.63) is 71.9 Å². The number of carbonyl (C=O) groups excluding carboxylic acids is 2. The maximum absolute atomic E-state index is 12.5. The van der Waals surface area contributed by atoms with Gasteiger partial charge in [0, 0.05) is 41.8 Å². The fourth-order valence-electron chi connectivity index (χ4n) is 3.06. The molecule has 5 N–H and O–H groups in total. The number of aryl methyl sites for hydroxylation is 1. The lowest BCUT2D eigenvalue weighted by Gasteiger charge is -2.19. The van der Waals surface area contributed by atoms with Crippen LogP contribution < -0.4 is 21.7 Å². The molecule has 0 unspecified atom stereocenters. The van der Waals surface area contributed by atoms with Crippen molar-refractivity contribution in [3.8, 4) is 22.4 Å². The smallest absolute Gasteiger partial charge is 0.273 e. The van der Waals surface area contributed by atoms with Crippen LogP contribution >= 0.6 is 0 Å². The summed E-state index contributed by atoms with van der Waals surface area (Å²) in [5, 5.41) is 16.9. The molecule has 0 aliphatic carbocycles. The minimum Gasteiger partial charge on any atom is -0.393 e. The van der Waals surface area contributed by atoms with E-state index in [0.29, 0.717) is 17.1 Å². The summed E-state index contributed by atoms with van der Waals surface area (Å²) in [4.78, 5) is 28.5. The van der Waals surface area contributed by atoms with E-state index in [1.54, 1.807) is 37.6 Å². The van der Waals surface area contributed by atoms with E-state index in [9.17, 15) is 9.59 Å². The molecule has 0 saturated heterocycles. The summed E-state index contributed by atoms with van der Waals surface area (Å²) in [6.45, 7) is 7.87. The number of benzene rings is 1. The fourth-order valence-corrected chi connectivity index (χ4v) is 3.06. The van der Waals surface area contributed by atoms with Crippen molar-refractivity contribution in [2.45, 2.75) is 33.2 Å². The first-order chi connectivity index (χ1) is 16.1. The van der Waals surface area contributed by atoms with Gasteiger partial charge in [-0.3, -0.25) is 14.6 Å². The molecule has 3 rings (SSSR count). The van der Waals surface area contributed by atoms with Crippen LogP contribution in [0.25, 0.3) is 22.4 Å². The van der Waals surface area contributed by atoms with E-state index in [2.05, 4.69) is 31.1 Å². The van der Waals surface area contributed by atoms with Gasteiger partial charge < -0.3 is 21.7 Å². The highest BCUT2D eigenvalue weighted by Crippen LogP contribution is 2.28. The predicted octanol–water partition coefficient (Wildman–Crippen LogP) is 3.00. The lowest BCUT2D eigenvalue weighted by atomic mass is 10.0. The fraction of sp³-hybridized carbons (Fsp3) is 0.240. The zero-order valence-corrected chi connectivity index (χ0v) is 19.9. The van der Waals surface area contributed by atoms with Crippen molar-refractivity contribution in [1.82, 2.24) is 25.8 Å². The minimum atomic E-state index is -0.412. The summed E-state index contributed by atoms with van der Waals surface area (Å²) in [5.74, 6) is -0.681. The topological polar surface area (TPSA) is 135 Å². The van der Waals surface area contributed by atoms with Crippen LogP contribution in [0, 0.1) is 6.92 Å². The van der Waals surface area contributed by atoms with E-state index >= 15 is 0 Å². The largest absolute Gasteiger partial charge is 0.393 e. The van der Waals surface area contributed by atoms with Gasteiger partial charge in [0.15, 0.2) is 0 Å². The van der Waals surface area contributed by atoms with Crippen LogP contribution in [-0.4, -0.2) is 39.6 Å². The molecule has 34 heavy (non-hydrogen) atoms. The number of carbonyl (C=O) groups is 2. The number of pyridine rings is 1. The first-order valence-corrected chi connectivity index (χ1v) is 10.7. The molecule has 0 spiro atoms. The zero-order chi connectivity index (χ0) is 24.9. The summed E-state index contributed by atoms with van der Waals surface area (Å²) in [6.07, 6.45) is 4.70. The Morgan fingerprint density at radius 2 is 1.82 bits per heavy atom. The average molecular weight is 460 g/mol. The number of nitrogens with two attached hydrogens (primary N) is 1. The number of aromatic nitrogens is 3. The molecular weight excluding hydrogens is 430 g/mol. The van der Waals surface area contributed by atoms with Crippen LogP contribution in [-0.2, 0) is 4.79 Å². The number of rotatable bonds is 6. The molecule has 0 radical (unpaired) electrons. The lowest BCUT2D eigenvalue weighted by molar-refractivity contribution is -0.112. The number of hydrogen-bond donors (Lipinski definition) is 4. The lowest BCUT2D eigenvalue weighted by Crippen LogP contribution is -2.33. The van der Waals surface area contributed by atoms with Crippen LogP contribution in [0.15, 0.2) is 60.7 Å². The van der Waals surface area contributed by atoms with Gasteiger partial charge in [0.25, 0.3) is 11.8 Å². The molecule has 3 aromatic rings. The molecule has 0 saturated carbocycles. The molecule has 0 aliphatic heterocycles. The van der Waals surface area contributed by atoms with E-state index in [1.807, 2.05) is 45.9 Å². The van der Waals surface area contributed by atoms with Gasteiger partial charge in [0.2, 0.25) is 0 Å². The average Bonchev–Trinajstić information content (AvgIpc) is 2.82. The van der Waals surface area contributed by atoms with E-state index in [4.69, 9.17) is 5.73 Å². The van der Waals surface area contributed by atoms with Gasteiger partial charge in [-0.15, -0.1) is 0 Å². The maximum Gasteiger partial charge on any atom is 0.273 e. The quantitative estimate of drug-likeness (QED) is 0.416. The third kappa shape index (κ3) is 6.16. The Balaban J connectivity index is 1.88. The normalized spacial score (nSPS) is 11.6. The highest BCUT2D eigenvalue weighted by molar-refractivity contribution is 6.03. The predicted molar refractivity (Wildman–Crippen MR) is 133 cm³/mol. The molecular formula is C25H29N7O2. The summed E-state index contributed by atoms with van der Waals surface area (Å²) >= 11 is 0. The highest BCUT2D eigenvalue weighted by atomic mass is 16.2. The Morgan fingerprint density at radius 3 is 2.53 bits per heavy atom. The molecule has 9 nitrogen and oxygen atoms in total. The van der Waals surface area contributed by atoms with Crippen LogP contribution in [0.3, 0.4) is 0 Å². The molecule has 2 aromatic heterocycles. The first-order valence-electron chi connectivity index (χ1n) is 10.7. The first kappa shape index (κ1) is 24.4. The summed E-state index contributed by atoms with van der Waals surface area (Å²) < 4.78 is 0. The molecule has 0 atom stereocenters. The molecule has 0 bridgehead atoms. The molecule has 0 fully saturated rings. The number of nitrogens with one attached hydrogen (secondary N) is 3. The SMILES string of the molecule is CNC(=O)c1cc(-c2cnnc(-c3cc(NC(=O)/C(N)=C/NC(C)(C)C)ccc3C)c2)ccn1. The highest BCUT2D eigenvalue weighted by Gasteiger charge is 2.13.